The summed E-state index contributed by atoms with van der Waals surface area (Å²) in [6, 6.07) is 22.2. The molecule has 9 heteroatoms. The van der Waals surface area contributed by atoms with E-state index in [9.17, 15) is 9.90 Å². The number of aromatic hydroxyl groups is 1. The third-order valence-corrected chi connectivity index (χ3v) is 6.37. The lowest BCUT2D eigenvalue weighted by Gasteiger charge is -2.37. The van der Waals surface area contributed by atoms with Crippen LogP contribution in [-0.2, 0) is 15.0 Å². The van der Waals surface area contributed by atoms with Crippen LogP contribution in [0.5, 0.6) is 17.2 Å². The number of amides is 1. The fraction of sp³-hybridized carbons (Fsp3) is 0.179. The first-order valence-electron chi connectivity index (χ1n) is 11.8. The smallest absolute Gasteiger partial charge is 0.290 e. The van der Waals surface area contributed by atoms with Crippen LogP contribution in [0.25, 0.3) is 11.1 Å². The summed E-state index contributed by atoms with van der Waals surface area (Å²) >= 11 is 0. The van der Waals surface area contributed by atoms with Crippen LogP contribution in [0.3, 0.4) is 0 Å². The number of rotatable bonds is 6. The number of nitrogens with one attached hydrogen (secondary N) is 3. The molecule has 1 fully saturated rings. The van der Waals surface area contributed by atoms with Crippen LogP contribution in [0.1, 0.15) is 18.4 Å². The van der Waals surface area contributed by atoms with Gasteiger partial charge < -0.3 is 25.6 Å². The van der Waals surface area contributed by atoms with Crippen LogP contribution < -0.4 is 15.4 Å². The number of nitrogens with zero attached hydrogens (tertiary/aromatic N) is 1. The molecule has 0 saturated carbocycles. The maximum absolute atomic E-state index is 13.6. The maximum Gasteiger partial charge on any atom is 0.290 e. The van der Waals surface area contributed by atoms with Crippen molar-refractivity contribution in [1.29, 1.82) is 0 Å². The number of ether oxygens (including phenoxy) is 1. The predicted octanol–water partition coefficient (Wildman–Crippen LogP) is 4.54. The molecule has 0 aliphatic carbocycles. The molecule has 1 amide bonds. The van der Waals surface area contributed by atoms with E-state index < -0.39 is 5.41 Å². The molecule has 0 bridgehead atoms. The number of hydrogen-bond acceptors (Lipinski definition) is 6. The number of piperidine rings is 1. The minimum absolute atomic E-state index is 0.0144. The number of carbonyl (C=O) groups excluding carboxylic acids is 1. The molecule has 0 atom stereocenters. The van der Waals surface area contributed by atoms with Crippen molar-refractivity contribution in [3.63, 3.8) is 0 Å². The van der Waals surface area contributed by atoms with Gasteiger partial charge in [-0.1, -0.05) is 36.4 Å². The van der Waals surface area contributed by atoms with Gasteiger partial charge >= 0.3 is 0 Å². The Balaban J connectivity index is 0.00000102. The zero-order valence-corrected chi connectivity index (χ0v) is 20.1. The molecular weight excluding hydrogens is 472 g/mol. The van der Waals surface area contributed by atoms with Crippen LogP contribution in [0.4, 0.5) is 5.69 Å². The van der Waals surface area contributed by atoms with Crippen LogP contribution in [0, 0.1) is 0 Å². The average Bonchev–Trinajstić information content (AvgIpc) is 3.47. The van der Waals surface area contributed by atoms with Crippen molar-refractivity contribution in [1.82, 2.24) is 15.5 Å². The monoisotopic (exact) mass is 500 g/mol. The van der Waals surface area contributed by atoms with Crippen molar-refractivity contribution in [2.45, 2.75) is 18.3 Å². The third-order valence-electron chi connectivity index (χ3n) is 6.37. The molecule has 1 aliphatic heterocycles. The van der Waals surface area contributed by atoms with Crippen molar-refractivity contribution < 1.29 is 24.5 Å². The largest absolute Gasteiger partial charge is 0.504 e. The summed E-state index contributed by atoms with van der Waals surface area (Å²) in [6.07, 6.45) is 5.08. The Hall–Kier alpha value is -4.63. The molecule has 9 nitrogen and oxygen atoms in total. The minimum atomic E-state index is -0.606. The highest BCUT2D eigenvalue weighted by molar-refractivity contribution is 5.99. The van der Waals surface area contributed by atoms with E-state index in [1.165, 1.54) is 0 Å². The first-order chi connectivity index (χ1) is 18.1. The number of anilines is 1. The highest BCUT2D eigenvalue weighted by Gasteiger charge is 2.41. The van der Waals surface area contributed by atoms with Crippen molar-refractivity contribution >= 4 is 18.1 Å². The van der Waals surface area contributed by atoms with Crippen molar-refractivity contribution in [3.8, 4) is 28.4 Å². The number of aromatic amines is 1. The summed E-state index contributed by atoms with van der Waals surface area (Å²) in [5, 5.41) is 30.1. The molecule has 1 saturated heterocycles. The van der Waals surface area contributed by atoms with E-state index in [1.54, 1.807) is 42.6 Å². The molecule has 5 rings (SSSR count). The third kappa shape index (κ3) is 5.96. The Morgan fingerprint density at radius 3 is 2.27 bits per heavy atom. The number of para-hydroxylation sites is 2. The van der Waals surface area contributed by atoms with Crippen LogP contribution in [0.2, 0.25) is 0 Å². The molecule has 0 spiro atoms. The van der Waals surface area contributed by atoms with Gasteiger partial charge in [-0.3, -0.25) is 14.7 Å². The van der Waals surface area contributed by atoms with Gasteiger partial charge in [0.05, 0.1) is 11.6 Å². The second-order valence-electron chi connectivity index (χ2n) is 8.55. The second-order valence-corrected chi connectivity index (χ2v) is 8.55. The molecule has 2 heterocycles. The van der Waals surface area contributed by atoms with Crippen molar-refractivity contribution in [2.75, 3.05) is 18.4 Å². The van der Waals surface area contributed by atoms with E-state index in [1.807, 2.05) is 30.5 Å². The molecular formula is C28H28N4O5. The van der Waals surface area contributed by atoms with Crippen molar-refractivity contribution in [3.05, 3.63) is 90.8 Å². The Labute approximate surface area is 214 Å². The van der Waals surface area contributed by atoms with Gasteiger partial charge in [0.15, 0.2) is 11.5 Å². The molecule has 0 radical (unpaired) electrons. The first-order valence-corrected chi connectivity index (χ1v) is 11.8. The van der Waals surface area contributed by atoms with Gasteiger partial charge in [-0.15, -0.1) is 0 Å². The van der Waals surface area contributed by atoms with E-state index in [0.29, 0.717) is 17.2 Å². The normalized spacial score (nSPS) is 14.1. The number of phenolic OH excluding ortho intramolecular Hbond substituents is 1. The summed E-state index contributed by atoms with van der Waals surface area (Å²) in [6.45, 7) is 1.31. The Morgan fingerprint density at radius 2 is 1.65 bits per heavy atom. The fourth-order valence-corrected chi connectivity index (χ4v) is 4.42. The average molecular weight is 501 g/mol. The lowest BCUT2D eigenvalue weighted by atomic mass is 9.72. The number of phenols is 1. The lowest BCUT2D eigenvalue weighted by molar-refractivity contribution is -0.123. The maximum atomic E-state index is 13.6. The Kier molecular flexibility index (Phi) is 8.17. The molecule has 1 aliphatic rings. The molecule has 3 aromatic carbocycles. The van der Waals surface area contributed by atoms with Gasteiger partial charge in [0.1, 0.15) is 5.75 Å². The van der Waals surface area contributed by atoms with Gasteiger partial charge in [0, 0.05) is 17.4 Å². The van der Waals surface area contributed by atoms with Crippen molar-refractivity contribution in [2.24, 2.45) is 0 Å². The minimum Gasteiger partial charge on any atom is -0.504 e. The standard InChI is InChI=1S/C27H26N4O3.CH2O2/c32-24-3-1-2-4-25(24)34-23-11-9-22(10-12-23)31-26(33)27(13-15-28-16-14-27)21-7-5-19(6-8-21)20-17-29-30-18-20;2-1-3/h1-12,17-18,28,32H,13-16H2,(H,29,30)(H,31,33);1H,(H,2,3). The number of benzene rings is 3. The van der Waals surface area contributed by atoms with Gasteiger partial charge in [-0.2, -0.15) is 5.10 Å². The molecule has 190 valence electrons. The van der Waals surface area contributed by atoms with Gasteiger partial charge in [0.25, 0.3) is 6.47 Å². The molecule has 37 heavy (non-hydrogen) atoms. The zero-order valence-electron chi connectivity index (χ0n) is 20.1. The van der Waals surface area contributed by atoms with Gasteiger partial charge in [0.2, 0.25) is 5.91 Å². The van der Waals surface area contributed by atoms with E-state index >= 15 is 0 Å². The summed E-state index contributed by atoms with van der Waals surface area (Å²) in [4.78, 5) is 22.0. The summed E-state index contributed by atoms with van der Waals surface area (Å²) in [5.74, 6) is 1.02. The fourth-order valence-electron chi connectivity index (χ4n) is 4.42. The van der Waals surface area contributed by atoms with E-state index in [4.69, 9.17) is 14.6 Å². The number of carboxylic acid groups (broad SMARTS) is 1. The highest BCUT2D eigenvalue weighted by atomic mass is 16.5. The number of H-pyrrole nitrogens is 1. The molecule has 1 aromatic heterocycles. The zero-order chi connectivity index (χ0) is 26.1. The van der Waals surface area contributed by atoms with E-state index in [2.05, 4.69) is 33.0 Å². The molecule has 4 aromatic rings. The molecule has 0 unspecified atom stereocenters. The van der Waals surface area contributed by atoms with Crippen LogP contribution in [0.15, 0.2) is 85.2 Å². The predicted molar refractivity (Wildman–Crippen MR) is 140 cm³/mol. The SMILES string of the molecule is O=C(Nc1ccc(Oc2ccccc2O)cc1)C1(c2ccc(-c3cn[nH]c3)cc2)CCNCC1.O=CO. The summed E-state index contributed by atoms with van der Waals surface area (Å²) in [5.41, 5.74) is 3.18. The number of hydrogen-bond donors (Lipinski definition) is 5. The lowest BCUT2D eigenvalue weighted by Crippen LogP contribution is -2.48. The molecule has 5 N–H and O–H groups in total. The Bertz CT molecular complexity index is 1300. The number of aromatic nitrogens is 2. The van der Waals surface area contributed by atoms with E-state index in [-0.39, 0.29) is 18.1 Å². The van der Waals surface area contributed by atoms with Gasteiger partial charge in [-0.25, -0.2) is 0 Å². The van der Waals surface area contributed by atoms with E-state index in [0.717, 1.165) is 42.6 Å². The first kappa shape index (κ1) is 25.5. The summed E-state index contributed by atoms with van der Waals surface area (Å²) < 4.78 is 5.74. The highest BCUT2D eigenvalue weighted by Crippen LogP contribution is 2.36. The van der Waals surface area contributed by atoms with Crippen LogP contribution >= 0.6 is 0 Å². The van der Waals surface area contributed by atoms with Crippen LogP contribution in [-0.4, -0.2) is 45.9 Å². The second kappa shape index (κ2) is 11.9. The van der Waals surface area contributed by atoms with Gasteiger partial charge in [-0.05, 0) is 73.5 Å². The number of carbonyl (C=O) groups is 2. The summed E-state index contributed by atoms with van der Waals surface area (Å²) in [7, 11) is 0. The quantitative estimate of drug-likeness (QED) is 0.245. The Morgan fingerprint density at radius 1 is 0.973 bits per heavy atom. The topological polar surface area (TPSA) is 137 Å².